The summed E-state index contributed by atoms with van der Waals surface area (Å²) in [5.74, 6) is 1.34. The van der Waals surface area contributed by atoms with Crippen LogP contribution >= 0.6 is 11.6 Å². The quantitative estimate of drug-likeness (QED) is 0.300. The molecule has 2 aromatic heterocycles. The van der Waals surface area contributed by atoms with Crippen molar-refractivity contribution in [2.75, 3.05) is 30.8 Å². The lowest BCUT2D eigenvalue weighted by Gasteiger charge is -2.13. The Labute approximate surface area is 191 Å². The first-order chi connectivity index (χ1) is 15.5. The zero-order chi connectivity index (χ0) is 22.5. The maximum atomic E-state index is 12.2. The minimum absolute atomic E-state index is 0.319. The van der Waals surface area contributed by atoms with E-state index in [0.29, 0.717) is 52.2 Å². The van der Waals surface area contributed by atoms with Gasteiger partial charge in [-0.2, -0.15) is 9.61 Å². The third kappa shape index (κ3) is 4.78. The first-order valence-corrected chi connectivity index (χ1v) is 10.2. The van der Waals surface area contributed by atoms with Crippen LogP contribution in [0.3, 0.4) is 0 Å². The van der Waals surface area contributed by atoms with Crippen LogP contribution < -0.4 is 26.2 Å². The van der Waals surface area contributed by atoms with Crippen molar-refractivity contribution in [3.05, 3.63) is 65.8 Å². The van der Waals surface area contributed by atoms with Gasteiger partial charge in [-0.1, -0.05) is 35.9 Å². The Morgan fingerprint density at radius 2 is 2.00 bits per heavy atom. The summed E-state index contributed by atoms with van der Waals surface area (Å²) >= 11 is 6.35. The van der Waals surface area contributed by atoms with Crippen molar-refractivity contribution < 1.29 is 9.53 Å². The van der Waals surface area contributed by atoms with Crippen LogP contribution in [0.25, 0.3) is 16.9 Å². The predicted molar refractivity (Wildman–Crippen MR) is 127 cm³/mol. The zero-order valence-electron chi connectivity index (χ0n) is 17.3. The number of hydrogen-bond donors (Lipinski definition) is 3. The van der Waals surface area contributed by atoms with Gasteiger partial charge in [0.15, 0.2) is 5.65 Å². The van der Waals surface area contributed by atoms with Crippen LogP contribution in [0.15, 0.2) is 60.8 Å². The number of amides is 2. The number of halogens is 1. The number of nitrogens with one attached hydrogen (secondary N) is 3. The molecule has 2 aromatic carbocycles. The predicted octanol–water partition coefficient (Wildman–Crippen LogP) is 3.09. The largest absolute Gasteiger partial charge is 0.497 e. The molecule has 0 unspecified atom stereocenters. The molecule has 2 amide bonds. The highest BCUT2D eigenvalue weighted by Gasteiger charge is 2.12. The molecule has 32 heavy (non-hydrogen) atoms. The minimum Gasteiger partial charge on any atom is -0.497 e. The van der Waals surface area contributed by atoms with Gasteiger partial charge < -0.3 is 20.7 Å². The van der Waals surface area contributed by atoms with Crippen molar-refractivity contribution >= 4 is 48.1 Å². The molecule has 160 valence electrons. The fraction of sp³-hybridized carbons (Fsp3) is 0.136. The van der Waals surface area contributed by atoms with E-state index in [1.807, 2.05) is 24.3 Å². The molecule has 8 nitrogen and oxygen atoms in total. The number of benzene rings is 2. The fourth-order valence-electron chi connectivity index (χ4n) is 3.16. The monoisotopic (exact) mass is 446 g/mol. The summed E-state index contributed by atoms with van der Waals surface area (Å²) in [5.41, 5.74) is 3.08. The van der Waals surface area contributed by atoms with E-state index >= 15 is 0 Å². The number of aromatic nitrogens is 3. The number of rotatable bonds is 7. The van der Waals surface area contributed by atoms with E-state index in [1.165, 1.54) is 0 Å². The van der Waals surface area contributed by atoms with Crippen LogP contribution in [0.5, 0.6) is 5.75 Å². The summed E-state index contributed by atoms with van der Waals surface area (Å²) in [5, 5.41) is 13.7. The molecular weight excluding hydrogens is 427 g/mol. The average Bonchev–Trinajstić information content (AvgIpc) is 3.18. The van der Waals surface area contributed by atoms with Gasteiger partial charge in [-0.15, -0.1) is 0 Å². The number of ether oxygens (including phenoxy) is 1. The van der Waals surface area contributed by atoms with Crippen LogP contribution in [-0.4, -0.2) is 48.7 Å². The summed E-state index contributed by atoms with van der Waals surface area (Å²) in [6.07, 6.45) is 1.55. The molecule has 10 heteroatoms. The highest BCUT2D eigenvalue weighted by atomic mass is 35.5. The second-order valence-corrected chi connectivity index (χ2v) is 7.29. The number of methoxy groups -OCH3 is 1. The lowest BCUT2D eigenvalue weighted by atomic mass is 10.0. The fourth-order valence-corrected chi connectivity index (χ4v) is 3.39. The van der Waals surface area contributed by atoms with Gasteiger partial charge in [-0.05, 0) is 23.7 Å². The zero-order valence-corrected chi connectivity index (χ0v) is 18.1. The number of fused-ring (bicyclic) bond motifs is 1. The standard InChI is InChI=1S/C22H20BClN6O2/c1-32-15-6-4-5-14(11-15)28-22(31)26-10-9-25-20-12-19(16-7-2-3-8-18(16)24)29-21-17(23)13-27-30(20)21/h2-8,11-13,25H,9-10H2,1H3,(H2,26,28,31). The Morgan fingerprint density at radius 3 is 2.81 bits per heavy atom. The molecule has 4 aromatic rings. The van der Waals surface area contributed by atoms with Crippen molar-refractivity contribution in [2.45, 2.75) is 0 Å². The topological polar surface area (TPSA) is 92.6 Å². The molecule has 0 bridgehead atoms. The van der Waals surface area contributed by atoms with Gasteiger partial charge in [-0.25, -0.2) is 9.78 Å². The van der Waals surface area contributed by atoms with E-state index in [9.17, 15) is 4.79 Å². The van der Waals surface area contributed by atoms with E-state index in [4.69, 9.17) is 24.2 Å². The number of urea groups is 1. The van der Waals surface area contributed by atoms with Crippen LogP contribution in [0.4, 0.5) is 16.3 Å². The molecule has 0 fully saturated rings. The minimum atomic E-state index is -0.319. The van der Waals surface area contributed by atoms with Gasteiger partial charge in [0, 0.05) is 47.7 Å². The highest BCUT2D eigenvalue weighted by molar-refractivity contribution is 6.36. The van der Waals surface area contributed by atoms with Gasteiger partial charge in [0.1, 0.15) is 19.4 Å². The molecule has 2 heterocycles. The summed E-state index contributed by atoms with van der Waals surface area (Å²) in [7, 11) is 7.61. The summed E-state index contributed by atoms with van der Waals surface area (Å²) in [4.78, 5) is 16.8. The van der Waals surface area contributed by atoms with Gasteiger partial charge in [-0.3, -0.25) is 0 Å². The van der Waals surface area contributed by atoms with Crippen molar-refractivity contribution in [3.8, 4) is 17.0 Å². The first kappa shape index (κ1) is 21.5. The molecule has 3 N–H and O–H groups in total. The number of carbonyl (C=O) groups is 1. The molecule has 0 saturated carbocycles. The third-order valence-electron chi connectivity index (χ3n) is 4.69. The van der Waals surface area contributed by atoms with E-state index in [2.05, 4.69) is 26.0 Å². The van der Waals surface area contributed by atoms with Gasteiger partial charge in [0.05, 0.1) is 12.8 Å². The van der Waals surface area contributed by atoms with E-state index in [0.717, 1.165) is 5.56 Å². The maximum Gasteiger partial charge on any atom is 0.319 e. The van der Waals surface area contributed by atoms with Gasteiger partial charge >= 0.3 is 6.03 Å². The van der Waals surface area contributed by atoms with Crippen molar-refractivity contribution in [1.82, 2.24) is 19.9 Å². The van der Waals surface area contributed by atoms with Crippen LogP contribution in [0, 0.1) is 0 Å². The van der Waals surface area contributed by atoms with Gasteiger partial charge in [0.25, 0.3) is 0 Å². The molecule has 4 rings (SSSR count). The van der Waals surface area contributed by atoms with Crippen molar-refractivity contribution in [1.29, 1.82) is 0 Å². The highest BCUT2D eigenvalue weighted by Crippen LogP contribution is 2.28. The maximum absolute atomic E-state index is 12.2. The summed E-state index contributed by atoms with van der Waals surface area (Å²) in [6, 6.07) is 16.1. The Kier molecular flexibility index (Phi) is 6.46. The van der Waals surface area contributed by atoms with Crippen molar-refractivity contribution in [3.63, 3.8) is 0 Å². The Bertz CT molecular complexity index is 1260. The molecule has 0 spiro atoms. The number of hydrogen-bond acceptors (Lipinski definition) is 5. The van der Waals surface area contributed by atoms with E-state index in [1.54, 1.807) is 48.2 Å². The van der Waals surface area contributed by atoms with Crippen LogP contribution in [-0.2, 0) is 0 Å². The molecule has 0 aliphatic rings. The Hall–Kier alpha value is -3.72. The molecule has 0 atom stereocenters. The lowest BCUT2D eigenvalue weighted by Crippen LogP contribution is -2.32. The number of anilines is 2. The third-order valence-corrected chi connectivity index (χ3v) is 5.02. The molecule has 0 aliphatic carbocycles. The second kappa shape index (κ2) is 9.61. The summed E-state index contributed by atoms with van der Waals surface area (Å²) in [6.45, 7) is 0.824. The number of nitrogens with zero attached hydrogens (tertiary/aromatic N) is 3. The van der Waals surface area contributed by atoms with Gasteiger partial charge in [0.2, 0.25) is 0 Å². The normalized spacial score (nSPS) is 10.7. The van der Waals surface area contributed by atoms with Crippen molar-refractivity contribution in [2.24, 2.45) is 0 Å². The van der Waals surface area contributed by atoms with Crippen LogP contribution in [0.1, 0.15) is 0 Å². The molecular formula is C22H20BClN6O2. The smallest absolute Gasteiger partial charge is 0.319 e. The first-order valence-electron chi connectivity index (χ1n) is 9.87. The summed E-state index contributed by atoms with van der Waals surface area (Å²) < 4.78 is 6.77. The molecule has 0 aliphatic heterocycles. The number of carbonyl (C=O) groups excluding carboxylic acids is 1. The van der Waals surface area contributed by atoms with E-state index < -0.39 is 0 Å². The van der Waals surface area contributed by atoms with E-state index in [-0.39, 0.29) is 6.03 Å². The Balaban J connectivity index is 1.43. The molecule has 0 saturated heterocycles. The SMILES string of the molecule is [B]c1cnn2c(NCCNC(=O)Nc3cccc(OC)c3)cc(-c3ccccc3Cl)nc12. The van der Waals surface area contributed by atoms with Crippen LogP contribution in [0.2, 0.25) is 5.02 Å². The second-order valence-electron chi connectivity index (χ2n) is 6.88. The average molecular weight is 447 g/mol. The molecule has 2 radical (unpaired) electrons. The Morgan fingerprint density at radius 1 is 1.16 bits per heavy atom. The lowest BCUT2D eigenvalue weighted by molar-refractivity contribution is 0.252.